The molecule has 1 N–H and O–H groups in total. The topological polar surface area (TPSA) is 41.6 Å². The quantitative estimate of drug-likeness (QED) is 0.763. The Kier molecular flexibility index (Phi) is 2.65. The van der Waals surface area contributed by atoms with Crippen LogP contribution in [0.4, 0.5) is 0 Å². The maximum Gasteiger partial charge on any atom is 0.182 e. The summed E-state index contributed by atoms with van der Waals surface area (Å²) >= 11 is 1.74. The van der Waals surface area contributed by atoms with Crippen molar-refractivity contribution in [2.24, 2.45) is 0 Å². The molecule has 3 rings (SSSR count). The Balaban J connectivity index is 2.07. The zero-order valence-electron chi connectivity index (χ0n) is 9.60. The van der Waals surface area contributed by atoms with Crippen molar-refractivity contribution in [1.82, 2.24) is 15.2 Å². The summed E-state index contributed by atoms with van der Waals surface area (Å²) in [5, 5.41) is 10.7. The Bertz CT molecular complexity index is 639. The smallest absolute Gasteiger partial charge is 0.182 e. The molecule has 0 radical (unpaired) electrons. The van der Waals surface area contributed by atoms with E-state index in [1.165, 1.54) is 10.1 Å². The van der Waals surface area contributed by atoms with Crippen LogP contribution in [0.25, 0.3) is 21.5 Å². The molecule has 4 heteroatoms. The van der Waals surface area contributed by atoms with Crippen LogP contribution in [0.5, 0.6) is 0 Å². The number of thiophene rings is 1. The number of H-pyrrole nitrogens is 1. The van der Waals surface area contributed by atoms with Gasteiger partial charge in [0.15, 0.2) is 5.82 Å². The average Bonchev–Trinajstić information content (AvgIpc) is 2.95. The van der Waals surface area contributed by atoms with Gasteiger partial charge < -0.3 is 0 Å². The fourth-order valence-corrected chi connectivity index (χ4v) is 2.85. The molecule has 0 unspecified atom stereocenters. The lowest BCUT2D eigenvalue weighted by Gasteiger charge is -1.92. The zero-order chi connectivity index (χ0) is 11.7. The number of fused-ring (bicyclic) bond motifs is 1. The maximum absolute atomic E-state index is 4.53. The summed E-state index contributed by atoms with van der Waals surface area (Å²) in [4.78, 5) is 4.53. The summed E-state index contributed by atoms with van der Waals surface area (Å²) in [6.07, 6.45) is 2.04. The molecule has 0 aliphatic heterocycles. The van der Waals surface area contributed by atoms with Crippen molar-refractivity contribution in [2.75, 3.05) is 0 Å². The van der Waals surface area contributed by atoms with Crippen molar-refractivity contribution in [3.05, 3.63) is 35.5 Å². The molecule has 0 saturated heterocycles. The first-order valence-corrected chi connectivity index (χ1v) is 6.64. The number of nitrogens with one attached hydrogen (secondary N) is 1. The highest BCUT2D eigenvalue weighted by Crippen LogP contribution is 2.31. The first-order chi connectivity index (χ1) is 8.38. The number of aryl methyl sites for hydroxylation is 1. The van der Waals surface area contributed by atoms with Crippen LogP contribution in [0.3, 0.4) is 0 Å². The predicted molar refractivity (Wildman–Crippen MR) is 71.2 cm³/mol. The first-order valence-electron chi connectivity index (χ1n) is 5.76. The normalized spacial score (nSPS) is 11.1. The Hall–Kier alpha value is -1.68. The van der Waals surface area contributed by atoms with Gasteiger partial charge in [0, 0.05) is 27.5 Å². The second-order valence-electron chi connectivity index (χ2n) is 4.00. The molecule has 2 aromatic heterocycles. The van der Waals surface area contributed by atoms with E-state index in [1.54, 1.807) is 11.3 Å². The van der Waals surface area contributed by atoms with Gasteiger partial charge in [-0.2, -0.15) is 5.10 Å². The molecule has 3 aromatic rings. The third-order valence-electron chi connectivity index (χ3n) is 2.74. The summed E-state index contributed by atoms with van der Waals surface area (Å²) in [6.45, 7) is 2.14. The molecule has 0 saturated carbocycles. The minimum Gasteiger partial charge on any atom is -0.263 e. The van der Waals surface area contributed by atoms with Crippen molar-refractivity contribution in [3.8, 4) is 11.4 Å². The van der Waals surface area contributed by atoms with E-state index in [1.807, 2.05) is 0 Å². The Morgan fingerprint density at radius 1 is 1.29 bits per heavy atom. The van der Waals surface area contributed by atoms with Crippen LogP contribution in [-0.4, -0.2) is 15.2 Å². The fraction of sp³-hybridized carbons (Fsp3) is 0.231. The number of benzene rings is 1. The highest BCUT2D eigenvalue weighted by Gasteiger charge is 2.10. The summed E-state index contributed by atoms with van der Waals surface area (Å²) in [5.74, 6) is 1.78. The van der Waals surface area contributed by atoms with Crippen LogP contribution in [0.1, 0.15) is 19.2 Å². The Morgan fingerprint density at radius 2 is 2.18 bits per heavy atom. The third kappa shape index (κ3) is 1.85. The lowest BCUT2D eigenvalue weighted by molar-refractivity contribution is 0.841. The molecule has 0 spiro atoms. The van der Waals surface area contributed by atoms with Gasteiger partial charge in [0.05, 0.1) is 0 Å². The van der Waals surface area contributed by atoms with E-state index < -0.39 is 0 Å². The summed E-state index contributed by atoms with van der Waals surface area (Å²) < 4.78 is 1.28. The number of aromatic nitrogens is 3. The van der Waals surface area contributed by atoms with Gasteiger partial charge in [0.2, 0.25) is 0 Å². The van der Waals surface area contributed by atoms with Gasteiger partial charge in [-0.3, -0.25) is 5.10 Å². The highest BCUT2D eigenvalue weighted by atomic mass is 32.1. The van der Waals surface area contributed by atoms with Crippen LogP contribution in [0.2, 0.25) is 0 Å². The van der Waals surface area contributed by atoms with Gasteiger partial charge in [-0.25, -0.2) is 4.98 Å². The number of aromatic amines is 1. The van der Waals surface area contributed by atoms with Crippen molar-refractivity contribution >= 4 is 21.4 Å². The van der Waals surface area contributed by atoms with E-state index in [-0.39, 0.29) is 0 Å². The van der Waals surface area contributed by atoms with E-state index in [2.05, 4.69) is 51.8 Å². The molecule has 0 atom stereocenters. The summed E-state index contributed by atoms with van der Waals surface area (Å²) in [7, 11) is 0. The van der Waals surface area contributed by atoms with Crippen molar-refractivity contribution in [2.45, 2.75) is 19.8 Å². The molecule has 2 heterocycles. The van der Waals surface area contributed by atoms with E-state index in [0.717, 1.165) is 30.1 Å². The second kappa shape index (κ2) is 4.30. The predicted octanol–water partition coefficient (Wildman–Crippen LogP) is 3.64. The van der Waals surface area contributed by atoms with E-state index in [4.69, 9.17) is 0 Å². The van der Waals surface area contributed by atoms with E-state index in [9.17, 15) is 0 Å². The minimum atomic E-state index is 0.811. The molecule has 86 valence electrons. The Labute approximate surface area is 104 Å². The summed E-state index contributed by atoms with van der Waals surface area (Å²) in [6, 6.07) is 8.36. The van der Waals surface area contributed by atoms with Gasteiger partial charge in [-0.15, -0.1) is 11.3 Å². The third-order valence-corrected chi connectivity index (χ3v) is 3.70. The standard InChI is InChI=1S/C13H13N3S/c1-2-5-12-14-13(16-15-12)10-8-17-11-7-4-3-6-9(10)11/h3-4,6-8H,2,5H2,1H3,(H,14,15,16). The molecule has 0 amide bonds. The van der Waals surface area contributed by atoms with Gasteiger partial charge in [-0.1, -0.05) is 25.1 Å². The van der Waals surface area contributed by atoms with Gasteiger partial charge in [0.25, 0.3) is 0 Å². The Morgan fingerprint density at radius 3 is 3.06 bits per heavy atom. The molecule has 17 heavy (non-hydrogen) atoms. The lowest BCUT2D eigenvalue weighted by atomic mass is 10.2. The second-order valence-corrected chi connectivity index (χ2v) is 4.91. The molecule has 0 fully saturated rings. The highest BCUT2D eigenvalue weighted by molar-refractivity contribution is 7.17. The van der Waals surface area contributed by atoms with Gasteiger partial charge in [0.1, 0.15) is 5.82 Å². The molecule has 1 aromatic carbocycles. The maximum atomic E-state index is 4.53. The van der Waals surface area contributed by atoms with Gasteiger partial charge in [-0.05, 0) is 12.5 Å². The molecule has 3 nitrogen and oxygen atoms in total. The number of rotatable bonds is 3. The number of hydrogen-bond donors (Lipinski definition) is 1. The van der Waals surface area contributed by atoms with Gasteiger partial charge >= 0.3 is 0 Å². The molecule has 0 aliphatic rings. The van der Waals surface area contributed by atoms with Crippen molar-refractivity contribution in [1.29, 1.82) is 0 Å². The lowest BCUT2D eigenvalue weighted by Crippen LogP contribution is -1.85. The summed E-state index contributed by atoms with van der Waals surface area (Å²) in [5.41, 5.74) is 1.13. The molecule has 0 bridgehead atoms. The van der Waals surface area contributed by atoms with Crippen molar-refractivity contribution in [3.63, 3.8) is 0 Å². The minimum absolute atomic E-state index is 0.811. The van der Waals surface area contributed by atoms with Crippen LogP contribution in [0, 0.1) is 0 Å². The monoisotopic (exact) mass is 243 g/mol. The fourth-order valence-electron chi connectivity index (χ4n) is 1.92. The van der Waals surface area contributed by atoms with Crippen molar-refractivity contribution < 1.29 is 0 Å². The number of hydrogen-bond acceptors (Lipinski definition) is 3. The SMILES string of the molecule is CCCc1nc(-c2csc3ccccc23)n[nH]1. The van der Waals surface area contributed by atoms with Crippen LogP contribution in [-0.2, 0) is 6.42 Å². The number of nitrogens with zero attached hydrogens (tertiary/aromatic N) is 2. The molecular formula is C13H13N3S. The van der Waals surface area contributed by atoms with Crippen LogP contribution in [0.15, 0.2) is 29.6 Å². The van der Waals surface area contributed by atoms with E-state index in [0.29, 0.717) is 0 Å². The molecule has 0 aliphatic carbocycles. The zero-order valence-corrected chi connectivity index (χ0v) is 10.4. The van der Waals surface area contributed by atoms with Crippen LogP contribution < -0.4 is 0 Å². The largest absolute Gasteiger partial charge is 0.263 e. The molecular weight excluding hydrogens is 230 g/mol. The average molecular weight is 243 g/mol. The van der Waals surface area contributed by atoms with Crippen LogP contribution >= 0.6 is 11.3 Å². The van der Waals surface area contributed by atoms with E-state index >= 15 is 0 Å². The first kappa shape index (κ1) is 10.5.